The Bertz CT molecular complexity index is 895. The molecule has 0 aliphatic carbocycles. The van der Waals surface area contributed by atoms with Crippen molar-refractivity contribution in [2.24, 2.45) is 0 Å². The summed E-state index contributed by atoms with van der Waals surface area (Å²) in [5.41, 5.74) is -1.07. The largest absolute Gasteiger partial charge is 0.465 e. The van der Waals surface area contributed by atoms with Gasteiger partial charge in [-0.1, -0.05) is 21.9 Å². The molecule has 0 bridgehead atoms. The minimum absolute atomic E-state index is 0.0200. The van der Waals surface area contributed by atoms with Crippen molar-refractivity contribution < 1.29 is 19.1 Å². The van der Waals surface area contributed by atoms with E-state index < -0.39 is 17.3 Å². The number of furan rings is 1. The number of carbonyl (C=O) groups is 2. The third kappa shape index (κ3) is 3.16. The summed E-state index contributed by atoms with van der Waals surface area (Å²) in [6.07, 6.45) is 9.21. The summed E-state index contributed by atoms with van der Waals surface area (Å²) in [4.78, 5) is 26.3. The van der Waals surface area contributed by atoms with Crippen molar-refractivity contribution in [1.29, 1.82) is 0 Å². The van der Waals surface area contributed by atoms with Crippen molar-refractivity contribution in [3.8, 4) is 12.3 Å². The Morgan fingerprint density at radius 1 is 1.44 bits per heavy atom. The van der Waals surface area contributed by atoms with Crippen LogP contribution in [-0.4, -0.2) is 23.3 Å². The van der Waals surface area contributed by atoms with Gasteiger partial charge in [0.05, 0.1) is 24.9 Å². The van der Waals surface area contributed by atoms with Crippen LogP contribution < -0.4 is 4.90 Å². The number of fused-ring (bicyclic) bond motifs is 1. The number of allylic oxidation sites excluding steroid dienone is 1. The summed E-state index contributed by atoms with van der Waals surface area (Å²) < 4.78 is 5.81. The number of halogens is 1. The van der Waals surface area contributed by atoms with Crippen molar-refractivity contribution in [3.63, 3.8) is 0 Å². The summed E-state index contributed by atoms with van der Waals surface area (Å²) in [7, 11) is 0. The van der Waals surface area contributed by atoms with E-state index in [1.165, 1.54) is 23.3 Å². The molecule has 0 saturated heterocycles. The number of rotatable bonds is 5. The minimum atomic E-state index is -1.94. The van der Waals surface area contributed by atoms with Crippen LogP contribution in [0.4, 0.5) is 5.69 Å². The molecule has 25 heavy (non-hydrogen) atoms. The fourth-order valence-corrected chi connectivity index (χ4v) is 3.18. The van der Waals surface area contributed by atoms with Gasteiger partial charge in [-0.15, -0.1) is 6.42 Å². The molecule has 1 aromatic carbocycles. The van der Waals surface area contributed by atoms with Crippen molar-refractivity contribution in [2.45, 2.75) is 12.0 Å². The van der Waals surface area contributed by atoms with Gasteiger partial charge in [-0.05, 0) is 42.5 Å². The van der Waals surface area contributed by atoms with E-state index in [1.54, 1.807) is 30.3 Å². The summed E-state index contributed by atoms with van der Waals surface area (Å²) >= 11 is 3.33. The molecule has 1 unspecified atom stereocenters. The van der Waals surface area contributed by atoms with E-state index in [-0.39, 0.29) is 13.0 Å². The molecular weight excluding hydrogens is 386 g/mol. The highest BCUT2D eigenvalue weighted by Gasteiger charge is 2.50. The normalized spacial score (nSPS) is 19.2. The van der Waals surface area contributed by atoms with Crippen LogP contribution in [0.5, 0.6) is 0 Å². The number of hydrogen-bond donors (Lipinski definition) is 1. The zero-order valence-corrected chi connectivity index (χ0v) is 14.7. The van der Waals surface area contributed by atoms with Gasteiger partial charge >= 0.3 is 0 Å². The highest BCUT2D eigenvalue weighted by molar-refractivity contribution is 9.10. The Kier molecular flexibility index (Phi) is 4.62. The monoisotopic (exact) mass is 399 g/mol. The van der Waals surface area contributed by atoms with Gasteiger partial charge in [0.1, 0.15) is 5.76 Å². The van der Waals surface area contributed by atoms with Gasteiger partial charge in [-0.25, -0.2) is 0 Å². The van der Waals surface area contributed by atoms with Crippen LogP contribution in [0, 0.1) is 12.3 Å². The summed E-state index contributed by atoms with van der Waals surface area (Å²) in [6.45, 7) is 0.0200. The predicted octanol–water partition coefficient (Wildman–Crippen LogP) is 2.88. The van der Waals surface area contributed by atoms with E-state index >= 15 is 0 Å². The molecule has 0 saturated carbocycles. The lowest BCUT2D eigenvalue weighted by Crippen LogP contribution is -2.41. The van der Waals surface area contributed by atoms with Crippen LogP contribution in [0.25, 0.3) is 6.08 Å². The molecule has 0 spiro atoms. The van der Waals surface area contributed by atoms with Gasteiger partial charge in [0.25, 0.3) is 5.91 Å². The van der Waals surface area contributed by atoms with Crippen molar-refractivity contribution in [3.05, 3.63) is 58.5 Å². The fraction of sp³-hybridized carbons (Fsp3) is 0.158. The van der Waals surface area contributed by atoms with Crippen molar-refractivity contribution in [1.82, 2.24) is 0 Å². The maximum atomic E-state index is 12.7. The second-order valence-electron chi connectivity index (χ2n) is 5.61. The Labute approximate surface area is 153 Å². The topological polar surface area (TPSA) is 70.8 Å². The molecule has 1 aromatic heterocycles. The van der Waals surface area contributed by atoms with Gasteiger partial charge in [-0.3, -0.25) is 14.5 Å². The number of hydrogen-bond acceptors (Lipinski definition) is 4. The van der Waals surface area contributed by atoms with Crippen LogP contribution in [0.2, 0.25) is 0 Å². The molecule has 0 fully saturated rings. The molecule has 2 heterocycles. The average molecular weight is 400 g/mol. The van der Waals surface area contributed by atoms with E-state index in [0.717, 1.165) is 0 Å². The Balaban J connectivity index is 1.91. The molecule has 1 aliphatic rings. The number of anilines is 1. The Morgan fingerprint density at radius 2 is 2.24 bits per heavy atom. The van der Waals surface area contributed by atoms with Gasteiger partial charge in [0, 0.05) is 10.0 Å². The first kappa shape index (κ1) is 17.2. The third-order valence-corrected chi connectivity index (χ3v) is 4.44. The van der Waals surface area contributed by atoms with Crippen LogP contribution in [0.15, 0.2) is 51.6 Å². The standard InChI is InChI=1S/C19H14BrNO4/c1-2-9-21-17-8-5-13(20)11-16(17)19(24,18(21)23)12-14(22)6-7-15-4-3-10-25-15/h1,3-8,10-11,24H,9,12H2/b7-6+. The predicted molar refractivity (Wildman–Crippen MR) is 96.6 cm³/mol. The highest BCUT2D eigenvalue weighted by atomic mass is 79.9. The molecule has 1 N–H and O–H groups in total. The number of amides is 1. The molecule has 6 heteroatoms. The Morgan fingerprint density at radius 3 is 2.92 bits per heavy atom. The van der Waals surface area contributed by atoms with Crippen LogP contribution in [-0.2, 0) is 15.2 Å². The van der Waals surface area contributed by atoms with Crippen LogP contribution in [0.1, 0.15) is 17.7 Å². The zero-order chi connectivity index (χ0) is 18.0. The molecule has 0 radical (unpaired) electrons. The third-order valence-electron chi connectivity index (χ3n) is 3.95. The minimum Gasteiger partial charge on any atom is -0.465 e. The molecule has 1 aliphatic heterocycles. The summed E-state index contributed by atoms with van der Waals surface area (Å²) in [5.74, 6) is 1.91. The number of aliphatic hydroxyl groups is 1. The molecular formula is C19H14BrNO4. The van der Waals surface area contributed by atoms with Gasteiger partial charge in [0.15, 0.2) is 11.4 Å². The first-order chi connectivity index (χ1) is 12.0. The smallest absolute Gasteiger partial charge is 0.265 e. The van der Waals surface area contributed by atoms with E-state index in [9.17, 15) is 14.7 Å². The lowest BCUT2D eigenvalue weighted by molar-refractivity contribution is -0.140. The van der Waals surface area contributed by atoms with Crippen molar-refractivity contribution in [2.75, 3.05) is 11.4 Å². The zero-order valence-electron chi connectivity index (χ0n) is 13.1. The summed E-state index contributed by atoms with van der Waals surface area (Å²) in [5, 5.41) is 11.0. The summed E-state index contributed by atoms with van der Waals surface area (Å²) in [6, 6.07) is 8.47. The second kappa shape index (κ2) is 6.71. The SMILES string of the molecule is C#CCN1C(=O)C(O)(CC(=O)/C=C/c2ccco2)c2cc(Br)ccc21. The fourth-order valence-electron chi connectivity index (χ4n) is 2.81. The van der Waals surface area contributed by atoms with Crippen molar-refractivity contribution >= 4 is 39.4 Å². The van der Waals surface area contributed by atoms with E-state index in [2.05, 4.69) is 21.9 Å². The molecule has 1 atom stereocenters. The number of benzene rings is 1. The van der Waals surface area contributed by atoms with Gasteiger partial charge < -0.3 is 9.52 Å². The van der Waals surface area contributed by atoms with Crippen LogP contribution >= 0.6 is 15.9 Å². The Hall–Kier alpha value is -2.62. The lowest BCUT2D eigenvalue weighted by atomic mass is 9.90. The van der Waals surface area contributed by atoms with E-state index in [4.69, 9.17) is 10.8 Å². The second-order valence-corrected chi connectivity index (χ2v) is 6.52. The molecule has 1 amide bonds. The highest BCUT2D eigenvalue weighted by Crippen LogP contribution is 2.43. The number of carbonyl (C=O) groups excluding carboxylic acids is 2. The van der Waals surface area contributed by atoms with E-state index in [1.807, 2.05) is 0 Å². The average Bonchev–Trinajstić information content (AvgIpc) is 3.16. The molecule has 126 valence electrons. The van der Waals surface area contributed by atoms with Gasteiger partial charge in [0.2, 0.25) is 0 Å². The van der Waals surface area contributed by atoms with Crippen LogP contribution in [0.3, 0.4) is 0 Å². The maximum Gasteiger partial charge on any atom is 0.265 e. The number of nitrogens with zero attached hydrogens (tertiary/aromatic N) is 1. The molecule has 5 nitrogen and oxygen atoms in total. The van der Waals surface area contributed by atoms with Gasteiger partial charge in [-0.2, -0.15) is 0 Å². The van der Waals surface area contributed by atoms with E-state index in [0.29, 0.717) is 21.5 Å². The molecule has 3 rings (SSSR count). The number of ketones is 1. The first-order valence-electron chi connectivity index (χ1n) is 7.48. The maximum absolute atomic E-state index is 12.7. The molecule has 2 aromatic rings. The number of terminal acetylenes is 1. The quantitative estimate of drug-likeness (QED) is 0.619. The lowest BCUT2D eigenvalue weighted by Gasteiger charge is -2.21. The first-order valence-corrected chi connectivity index (χ1v) is 8.27.